The second-order valence-electron chi connectivity index (χ2n) is 6.40. The van der Waals surface area contributed by atoms with E-state index in [4.69, 9.17) is 9.15 Å². The van der Waals surface area contributed by atoms with Crippen LogP contribution in [0.2, 0.25) is 0 Å². The lowest BCUT2D eigenvalue weighted by Crippen LogP contribution is -2.53. The molecule has 0 aromatic carbocycles. The van der Waals surface area contributed by atoms with Gasteiger partial charge in [0.2, 0.25) is 0 Å². The zero-order chi connectivity index (χ0) is 16.8. The Morgan fingerprint density at radius 3 is 2.36 bits per heavy atom. The van der Waals surface area contributed by atoms with E-state index in [0.717, 1.165) is 23.3 Å². The molecule has 0 aliphatic carbocycles. The number of amides is 1. The van der Waals surface area contributed by atoms with Crippen LogP contribution in [0.5, 0.6) is 0 Å². The Kier molecular flexibility index (Phi) is 6.94. The minimum Gasteiger partial charge on any atom is -0.453 e. The predicted octanol–water partition coefficient (Wildman–Crippen LogP) is 4.22. The Morgan fingerprint density at radius 1 is 1.27 bits per heavy atom. The first-order valence-corrected chi connectivity index (χ1v) is 8.45. The minimum absolute atomic E-state index is 0.184. The van der Waals surface area contributed by atoms with Gasteiger partial charge in [0.15, 0.2) is 4.67 Å². The number of ether oxygens (including phenoxy) is 1. The van der Waals surface area contributed by atoms with E-state index in [-0.39, 0.29) is 11.6 Å². The number of hydrogen-bond acceptors (Lipinski definition) is 4. The molecule has 2 N–H and O–H groups in total. The van der Waals surface area contributed by atoms with Crippen LogP contribution in [-0.2, 0) is 11.3 Å². The van der Waals surface area contributed by atoms with Crippen LogP contribution in [0, 0.1) is 0 Å². The predicted molar refractivity (Wildman–Crippen MR) is 90.8 cm³/mol. The second-order valence-corrected chi connectivity index (χ2v) is 7.18. The van der Waals surface area contributed by atoms with E-state index in [2.05, 4.69) is 40.4 Å². The average molecular weight is 375 g/mol. The zero-order valence-corrected chi connectivity index (χ0v) is 15.7. The van der Waals surface area contributed by atoms with Crippen LogP contribution in [0.1, 0.15) is 53.2 Å². The Balaban J connectivity index is 2.56. The Bertz CT molecular complexity index is 476. The first kappa shape index (κ1) is 19.0. The van der Waals surface area contributed by atoms with Crippen molar-refractivity contribution in [2.45, 2.75) is 65.1 Å². The summed E-state index contributed by atoms with van der Waals surface area (Å²) in [6.45, 7) is 10.9. The third-order valence-electron chi connectivity index (χ3n) is 3.59. The molecule has 0 saturated heterocycles. The molecule has 0 saturated carbocycles. The van der Waals surface area contributed by atoms with Gasteiger partial charge in [0, 0.05) is 12.1 Å². The molecular formula is C16H27BrN2O3. The highest BCUT2D eigenvalue weighted by atomic mass is 79.9. The van der Waals surface area contributed by atoms with Crippen LogP contribution in [0.15, 0.2) is 21.2 Å². The quantitative estimate of drug-likeness (QED) is 0.749. The first-order valence-electron chi connectivity index (χ1n) is 7.66. The molecule has 22 heavy (non-hydrogen) atoms. The van der Waals surface area contributed by atoms with E-state index in [1.54, 1.807) is 0 Å². The van der Waals surface area contributed by atoms with Crippen molar-refractivity contribution in [3.8, 4) is 0 Å². The van der Waals surface area contributed by atoms with Gasteiger partial charge in [-0.05, 0) is 61.7 Å². The summed E-state index contributed by atoms with van der Waals surface area (Å²) in [6, 6.07) is 3.80. The minimum atomic E-state index is -0.487. The smallest absolute Gasteiger partial charge is 0.407 e. The van der Waals surface area contributed by atoms with Crippen LogP contribution >= 0.6 is 15.9 Å². The lowest BCUT2D eigenvalue weighted by molar-refractivity contribution is 0.0506. The SMILES string of the molecule is CCC(CC)(CNC(=O)OC(C)(C)C)NCc1ccc(Br)o1. The van der Waals surface area contributed by atoms with Gasteiger partial charge in [0.25, 0.3) is 0 Å². The van der Waals surface area contributed by atoms with Crippen molar-refractivity contribution in [2.75, 3.05) is 6.54 Å². The molecule has 0 bridgehead atoms. The fourth-order valence-corrected chi connectivity index (χ4v) is 2.43. The molecule has 1 rings (SSSR count). The van der Waals surface area contributed by atoms with Gasteiger partial charge in [0.05, 0.1) is 6.54 Å². The van der Waals surface area contributed by atoms with Gasteiger partial charge in [-0.1, -0.05) is 13.8 Å². The van der Waals surface area contributed by atoms with Crippen LogP contribution < -0.4 is 10.6 Å². The second kappa shape index (κ2) is 8.02. The van der Waals surface area contributed by atoms with Gasteiger partial charge in [0.1, 0.15) is 11.4 Å². The van der Waals surface area contributed by atoms with E-state index in [1.165, 1.54) is 0 Å². The number of hydrogen-bond donors (Lipinski definition) is 2. The van der Waals surface area contributed by atoms with Crippen molar-refractivity contribution in [1.82, 2.24) is 10.6 Å². The highest BCUT2D eigenvalue weighted by Crippen LogP contribution is 2.18. The standard InChI is InChI=1S/C16H27BrN2O3/c1-6-16(7-2,11-18-14(20)22-15(3,4)5)19-10-12-8-9-13(17)21-12/h8-9,19H,6-7,10-11H2,1-5H3,(H,18,20). The number of halogens is 1. The normalized spacial score (nSPS) is 12.3. The van der Waals surface area contributed by atoms with Crippen LogP contribution in [0.3, 0.4) is 0 Å². The molecule has 0 radical (unpaired) electrons. The maximum Gasteiger partial charge on any atom is 0.407 e. The largest absolute Gasteiger partial charge is 0.453 e. The molecule has 0 aliphatic heterocycles. The third-order valence-corrected chi connectivity index (χ3v) is 4.02. The lowest BCUT2D eigenvalue weighted by Gasteiger charge is -2.33. The van der Waals surface area contributed by atoms with Crippen LogP contribution in [0.4, 0.5) is 4.79 Å². The molecule has 6 heteroatoms. The molecule has 0 fully saturated rings. The molecule has 1 heterocycles. The van der Waals surface area contributed by atoms with Crippen molar-refractivity contribution in [2.24, 2.45) is 0 Å². The lowest BCUT2D eigenvalue weighted by atomic mass is 9.92. The Hall–Kier alpha value is -1.01. The van der Waals surface area contributed by atoms with Crippen LogP contribution in [0.25, 0.3) is 0 Å². The van der Waals surface area contributed by atoms with Crippen molar-refractivity contribution in [3.63, 3.8) is 0 Å². The molecule has 1 amide bonds. The van der Waals surface area contributed by atoms with Crippen molar-refractivity contribution in [1.29, 1.82) is 0 Å². The molecule has 1 aromatic rings. The van der Waals surface area contributed by atoms with Gasteiger partial charge in [-0.15, -0.1) is 0 Å². The molecule has 126 valence electrons. The fourth-order valence-electron chi connectivity index (χ4n) is 2.09. The number of alkyl carbamates (subject to hydrolysis) is 1. The summed E-state index contributed by atoms with van der Waals surface area (Å²) in [4.78, 5) is 11.8. The zero-order valence-electron chi connectivity index (χ0n) is 14.1. The number of rotatable bonds is 7. The topological polar surface area (TPSA) is 63.5 Å². The summed E-state index contributed by atoms with van der Waals surface area (Å²) in [5.41, 5.74) is -0.671. The summed E-state index contributed by atoms with van der Waals surface area (Å²) in [7, 11) is 0. The van der Waals surface area contributed by atoms with E-state index < -0.39 is 5.60 Å². The summed E-state index contributed by atoms with van der Waals surface area (Å²) in [5, 5.41) is 6.36. The number of carbonyl (C=O) groups excluding carboxylic acids is 1. The van der Waals surface area contributed by atoms with Gasteiger partial charge in [-0.25, -0.2) is 4.79 Å². The molecule has 5 nitrogen and oxygen atoms in total. The summed E-state index contributed by atoms with van der Waals surface area (Å²) < 4.78 is 11.5. The molecule has 0 atom stereocenters. The third kappa shape index (κ3) is 6.40. The summed E-state index contributed by atoms with van der Waals surface area (Å²) >= 11 is 3.30. The van der Waals surface area contributed by atoms with Gasteiger partial charge in [-0.2, -0.15) is 0 Å². The van der Waals surface area contributed by atoms with E-state index in [1.807, 2.05) is 32.9 Å². The highest BCUT2D eigenvalue weighted by Gasteiger charge is 2.27. The fraction of sp³-hybridized carbons (Fsp3) is 0.688. The number of nitrogens with one attached hydrogen (secondary N) is 2. The molecule has 0 spiro atoms. The monoisotopic (exact) mass is 374 g/mol. The maximum absolute atomic E-state index is 11.8. The number of carbonyl (C=O) groups is 1. The number of furan rings is 1. The Labute approximate surface area is 141 Å². The van der Waals surface area contributed by atoms with Crippen molar-refractivity contribution < 1.29 is 13.9 Å². The van der Waals surface area contributed by atoms with Gasteiger partial charge < -0.3 is 19.8 Å². The van der Waals surface area contributed by atoms with E-state index >= 15 is 0 Å². The van der Waals surface area contributed by atoms with E-state index in [9.17, 15) is 4.79 Å². The van der Waals surface area contributed by atoms with Gasteiger partial charge in [-0.3, -0.25) is 0 Å². The van der Waals surface area contributed by atoms with E-state index in [0.29, 0.717) is 13.1 Å². The molecule has 1 aromatic heterocycles. The van der Waals surface area contributed by atoms with Gasteiger partial charge >= 0.3 is 6.09 Å². The molecular weight excluding hydrogens is 348 g/mol. The molecule has 0 unspecified atom stereocenters. The Morgan fingerprint density at radius 2 is 1.91 bits per heavy atom. The summed E-state index contributed by atoms with van der Waals surface area (Å²) in [5.74, 6) is 0.857. The van der Waals surface area contributed by atoms with Crippen molar-refractivity contribution >= 4 is 22.0 Å². The average Bonchev–Trinajstić information content (AvgIpc) is 2.84. The summed E-state index contributed by atoms with van der Waals surface area (Å²) in [6.07, 6.45) is 1.39. The van der Waals surface area contributed by atoms with Crippen LogP contribution in [-0.4, -0.2) is 23.8 Å². The first-order chi connectivity index (χ1) is 10.2. The van der Waals surface area contributed by atoms with Crippen molar-refractivity contribution in [3.05, 3.63) is 22.6 Å². The maximum atomic E-state index is 11.8. The highest BCUT2D eigenvalue weighted by molar-refractivity contribution is 9.10. The molecule has 0 aliphatic rings.